The molecule has 0 fully saturated rings. The molecule has 0 spiro atoms. The highest BCUT2D eigenvalue weighted by Crippen LogP contribution is 2.42. The third kappa shape index (κ3) is 3.40. The Bertz CT molecular complexity index is 1750. The van der Waals surface area contributed by atoms with E-state index >= 15 is 0 Å². The van der Waals surface area contributed by atoms with E-state index in [2.05, 4.69) is 4.98 Å². The van der Waals surface area contributed by atoms with Crippen molar-refractivity contribution in [3.05, 3.63) is 105 Å². The van der Waals surface area contributed by atoms with Crippen molar-refractivity contribution in [3.63, 3.8) is 0 Å². The Balaban J connectivity index is 1.59. The molecule has 1 unspecified atom stereocenters. The van der Waals surface area contributed by atoms with Crippen molar-refractivity contribution in [3.8, 4) is 22.6 Å². The Morgan fingerprint density at radius 3 is 2.60 bits per heavy atom. The van der Waals surface area contributed by atoms with Crippen molar-refractivity contribution >= 4 is 27.8 Å². The zero-order chi connectivity index (χ0) is 24.1. The van der Waals surface area contributed by atoms with E-state index in [9.17, 15) is 14.4 Å². The lowest BCUT2D eigenvalue weighted by atomic mass is 9.85. The predicted octanol–water partition coefficient (Wildman–Crippen LogP) is 4.75. The summed E-state index contributed by atoms with van der Waals surface area (Å²) in [5, 5.41) is 1.11. The fourth-order valence-electron chi connectivity index (χ4n) is 4.73. The summed E-state index contributed by atoms with van der Waals surface area (Å²) < 4.78 is 16.8. The highest BCUT2D eigenvalue weighted by Gasteiger charge is 2.33. The molecule has 3 aromatic carbocycles. The quantitative estimate of drug-likeness (QED) is 0.305. The number of H-pyrrole nitrogens is 1. The van der Waals surface area contributed by atoms with Gasteiger partial charge in [0, 0.05) is 27.9 Å². The molecule has 1 atom stereocenters. The molecule has 0 aliphatic carbocycles. The molecule has 0 saturated carbocycles. The van der Waals surface area contributed by atoms with Crippen LogP contribution in [0.25, 0.3) is 33.0 Å². The van der Waals surface area contributed by atoms with E-state index in [0.717, 1.165) is 10.9 Å². The molecule has 0 amide bonds. The Kier molecular flexibility index (Phi) is 4.77. The van der Waals surface area contributed by atoms with Gasteiger partial charge in [0.25, 0.3) is 5.56 Å². The maximum atomic E-state index is 13.4. The summed E-state index contributed by atoms with van der Waals surface area (Å²) in [6.07, 6.45) is 1.36. The van der Waals surface area contributed by atoms with Gasteiger partial charge in [-0.2, -0.15) is 0 Å². The number of hydrogen-bond acceptors (Lipinski definition) is 6. The third-order valence-electron chi connectivity index (χ3n) is 6.42. The van der Waals surface area contributed by atoms with E-state index in [0.29, 0.717) is 38.9 Å². The van der Waals surface area contributed by atoms with Gasteiger partial charge in [-0.1, -0.05) is 30.3 Å². The number of benzene rings is 3. The van der Waals surface area contributed by atoms with Crippen LogP contribution >= 0.6 is 0 Å². The molecular formula is C28H19NO6. The van der Waals surface area contributed by atoms with Gasteiger partial charge in [0.2, 0.25) is 5.43 Å². The molecule has 5 aromatic rings. The molecule has 0 saturated heterocycles. The number of aromatic nitrogens is 1. The first-order valence-electron chi connectivity index (χ1n) is 11.1. The molecule has 7 nitrogen and oxygen atoms in total. The van der Waals surface area contributed by atoms with Crippen LogP contribution in [-0.4, -0.2) is 18.1 Å². The Morgan fingerprint density at radius 2 is 1.80 bits per heavy atom. The van der Waals surface area contributed by atoms with Crippen molar-refractivity contribution in [1.29, 1.82) is 0 Å². The summed E-state index contributed by atoms with van der Waals surface area (Å²) in [4.78, 5) is 41.9. The first kappa shape index (κ1) is 20.9. The molecule has 2 aromatic heterocycles. The zero-order valence-electron chi connectivity index (χ0n) is 18.7. The van der Waals surface area contributed by atoms with E-state index in [1.165, 1.54) is 6.26 Å². The Hall–Kier alpha value is -4.65. The second kappa shape index (κ2) is 7.99. The molecule has 6 rings (SSSR count). The van der Waals surface area contributed by atoms with Gasteiger partial charge >= 0.3 is 5.97 Å². The fourth-order valence-corrected chi connectivity index (χ4v) is 4.73. The lowest BCUT2D eigenvalue weighted by molar-refractivity contribution is -0.135. The number of carbonyl (C=O) groups is 1. The summed E-state index contributed by atoms with van der Waals surface area (Å²) in [7, 11) is 1.57. The van der Waals surface area contributed by atoms with Gasteiger partial charge in [-0.15, -0.1) is 0 Å². The number of aromatic amines is 1. The normalized spacial score (nSPS) is 15.1. The van der Waals surface area contributed by atoms with Crippen LogP contribution in [0.15, 0.2) is 87.0 Å². The lowest BCUT2D eigenvalue weighted by Gasteiger charge is -2.25. The van der Waals surface area contributed by atoms with E-state index in [1.54, 1.807) is 37.4 Å². The lowest BCUT2D eigenvalue weighted by Crippen LogP contribution is -2.26. The average Bonchev–Trinajstić information content (AvgIpc) is 2.88. The Morgan fingerprint density at radius 1 is 0.971 bits per heavy atom. The second-order valence-corrected chi connectivity index (χ2v) is 8.44. The number of pyridine rings is 1. The second-order valence-electron chi connectivity index (χ2n) is 8.44. The van der Waals surface area contributed by atoms with Crippen LogP contribution in [0.5, 0.6) is 11.5 Å². The van der Waals surface area contributed by atoms with Crippen LogP contribution in [0, 0.1) is 0 Å². The highest BCUT2D eigenvalue weighted by atomic mass is 16.5. The molecule has 0 bridgehead atoms. The van der Waals surface area contributed by atoms with Crippen LogP contribution < -0.4 is 20.5 Å². The van der Waals surface area contributed by atoms with Gasteiger partial charge < -0.3 is 18.9 Å². The van der Waals surface area contributed by atoms with E-state index in [1.807, 2.05) is 36.4 Å². The third-order valence-corrected chi connectivity index (χ3v) is 6.42. The summed E-state index contributed by atoms with van der Waals surface area (Å²) in [6, 6.07) is 19.5. The zero-order valence-corrected chi connectivity index (χ0v) is 18.7. The smallest absolute Gasteiger partial charge is 0.312 e. The topological polar surface area (TPSA) is 98.6 Å². The van der Waals surface area contributed by atoms with Crippen LogP contribution in [0.1, 0.15) is 23.5 Å². The van der Waals surface area contributed by atoms with Gasteiger partial charge in [0.15, 0.2) is 0 Å². The predicted molar refractivity (Wildman–Crippen MR) is 131 cm³/mol. The van der Waals surface area contributed by atoms with Crippen LogP contribution in [0.2, 0.25) is 0 Å². The SMILES string of the molecule is COc1ccc2[nH]c(=O)c(C3CC(=O)Oc4ccc5c(=O)c(-c6ccccc6)coc5c43)cc2c1. The highest BCUT2D eigenvalue weighted by molar-refractivity contribution is 5.90. The maximum Gasteiger partial charge on any atom is 0.312 e. The van der Waals surface area contributed by atoms with Crippen LogP contribution in [0.4, 0.5) is 0 Å². The molecule has 3 heterocycles. The van der Waals surface area contributed by atoms with E-state index in [4.69, 9.17) is 13.9 Å². The summed E-state index contributed by atoms with van der Waals surface area (Å²) in [5.41, 5.74) is 2.48. The molecule has 1 aliphatic heterocycles. The Labute approximate surface area is 198 Å². The van der Waals surface area contributed by atoms with Gasteiger partial charge in [-0.25, -0.2) is 0 Å². The van der Waals surface area contributed by atoms with Crippen molar-refractivity contribution < 1.29 is 18.7 Å². The first-order valence-corrected chi connectivity index (χ1v) is 11.1. The number of carbonyl (C=O) groups excluding carboxylic acids is 1. The van der Waals surface area contributed by atoms with Crippen LogP contribution in [-0.2, 0) is 4.79 Å². The van der Waals surface area contributed by atoms with Gasteiger partial charge in [-0.05, 0) is 42.0 Å². The van der Waals surface area contributed by atoms with E-state index in [-0.39, 0.29) is 23.2 Å². The van der Waals surface area contributed by atoms with Crippen molar-refractivity contribution in [2.45, 2.75) is 12.3 Å². The number of ether oxygens (including phenoxy) is 2. The number of nitrogens with one attached hydrogen (secondary N) is 1. The molecule has 1 N–H and O–H groups in total. The molecular weight excluding hydrogens is 446 g/mol. The van der Waals surface area contributed by atoms with Crippen molar-refractivity contribution in [2.75, 3.05) is 7.11 Å². The van der Waals surface area contributed by atoms with Crippen molar-refractivity contribution in [1.82, 2.24) is 4.98 Å². The molecule has 172 valence electrons. The van der Waals surface area contributed by atoms with Gasteiger partial charge in [-0.3, -0.25) is 14.4 Å². The van der Waals surface area contributed by atoms with Crippen molar-refractivity contribution in [2.24, 2.45) is 0 Å². The average molecular weight is 465 g/mol. The van der Waals surface area contributed by atoms with E-state index < -0.39 is 11.9 Å². The van der Waals surface area contributed by atoms with Gasteiger partial charge in [0.05, 0.1) is 24.5 Å². The minimum Gasteiger partial charge on any atom is -0.497 e. The summed E-state index contributed by atoms with van der Waals surface area (Å²) in [5.74, 6) is -0.196. The number of hydrogen-bond donors (Lipinski definition) is 1. The standard InChI is InChI=1S/C28H19NO6/c1-33-17-7-9-22-16(11-17)12-20(28(32)29-22)19-13-24(30)35-23-10-8-18-26(31)21(14-34-27(18)25(19)23)15-5-3-2-4-6-15/h2-12,14,19H,13H2,1H3,(H,29,32). The number of esters is 1. The first-order chi connectivity index (χ1) is 17.0. The number of fused-ring (bicyclic) bond motifs is 4. The fraction of sp³-hybridized carbons (Fsp3) is 0.107. The summed E-state index contributed by atoms with van der Waals surface area (Å²) >= 11 is 0. The minimum atomic E-state index is -0.653. The summed E-state index contributed by atoms with van der Waals surface area (Å²) in [6.45, 7) is 0. The van der Waals surface area contributed by atoms with Crippen LogP contribution in [0.3, 0.4) is 0 Å². The molecule has 1 aliphatic rings. The molecule has 35 heavy (non-hydrogen) atoms. The molecule has 7 heteroatoms. The minimum absolute atomic E-state index is 0.0607. The largest absolute Gasteiger partial charge is 0.497 e. The molecule has 0 radical (unpaired) electrons. The van der Waals surface area contributed by atoms with Gasteiger partial charge in [0.1, 0.15) is 23.3 Å². The monoisotopic (exact) mass is 465 g/mol. The number of methoxy groups -OCH3 is 1. The number of rotatable bonds is 3. The maximum absolute atomic E-state index is 13.4.